The lowest BCUT2D eigenvalue weighted by Gasteiger charge is -1.98. The van der Waals surface area contributed by atoms with E-state index >= 15 is 0 Å². The minimum Gasteiger partial charge on any atom is -0.332 e. The van der Waals surface area contributed by atoms with Gasteiger partial charge in [0.25, 0.3) is 5.89 Å². The molecule has 0 aliphatic heterocycles. The third-order valence-electron chi connectivity index (χ3n) is 1.64. The Kier molecular flexibility index (Phi) is 2.11. The topological polar surface area (TPSA) is 89.9 Å². The van der Waals surface area contributed by atoms with Gasteiger partial charge in [-0.1, -0.05) is 11.2 Å². The molecule has 2 aromatic rings. The van der Waals surface area contributed by atoms with Gasteiger partial charge in [-0.25, -0.2) is 10.8 Å². The Bertz CT molecular complexity index is 439. The summed E-state index contributed by atoms with van der Waals surface area (Å²) in [6.07, 6.45) is 0. The zero-order chi connectivity index (χ0) is 9.97. The molecule has 72 valence electrons. The average Bonchev–Trinajstić information content (AvgIpc) is 2.65. The zero-order valence-electron chi connectivity index (χ0n) is 7.56. The van der Waals surface area contributed by atoms with Gasteiger partial charge in [-0.2, -0.15) is 4.98 Å². The van der Waals surface area contributed by atoms with Crippen LogP contribution in [0.5, 0.6) is 0 Å². The number of hydrogen-bond donors (Lipinski definition) is 2. The lowest BCUT2D eigenvalue weighted by molar-refractivity contribution is 0.424. The molecule has 0 radical (unpaired) electrons. The van der Waals surface area contributed by atoms with Crippen LogP contribution in [0.3, 0.4) is 0 Å². The van der Waals surface area contributed by atoms with Crippen molar-refractivity contribution in [2.24, 2.45) is 5.84 Å². The monoisotopic (exact) mass is 191 g/mol. The van der Waals surface area contributed by atoms with E-state index in [0.717, 1.165) is 0 Å². The van der Waals surface area contributed by atoms with Crippen molar-refractivity contribution in [3.8, 4) is 11.6 Å². The van der Waals surface area contributed by atoms with Crippen LogP contribution in [-0.4, -0.2) is 15.1 Å². The minimum atomic E-state index is 0.389. The smallest absolute Gasteiger partial charge is 0.276 e. The summed E-state index contributed by atoms with van der Waals surface area (Å²) in [5.41, 5.74) is 3.04. The maximum atomic E-state index is 5.22. The first-order chi connectivity index (χ1) is 6.79. The number of nitrogens with zero attached hydrogens (tertiary/aromatic N) is 3. The summed E-state index contributed by atoms with van der Waals surface area (Å²) in [4.78, 5) is 8.19. The molecule has 0 atom stereocenters. The molecule has 2 heterocycles. The molecule has 0 saturated carbocycles. The van der Waals surface area contributed by atoms with Gasteiger partial charge in [-0.15, -0.1) is 0 Å². The second-order valence-corrected chi connectivity index (χ2v) is 2.70. The standard InChI is InChI=1S/C8H9N5O/c1-5-10-8(14-13-5)6-3-2-4-7(11-6)12-9/h2-4H,9H2,1H3,(H,11,12). The quantitative estimate of drug-likeness (QED) is 0.537. The predicted octanol–water partition coefficient (Wildman–Crippen LogP) is 0.726. The molecule has 6 heteroatoms. The van der Waals surface area contributed by atoms with E-state index in [1.165, 1.54) is 0 Å². The summed E-state index contributed by atoms with van der Waals surface area (Å²) in [5, 5.41) is 3.67. The fourth-order valence-corrected chi connectivity index (χ4v) is 1.04. The Hall–Kier alpha value is -1.95. The number of hydrogen-bond acceptors (Lipinski definition) is 6. The van der Waals surface area contributed by atoms with Gasteiger partial charge in [0.1, 0.15) is 11.5 Å². The first-order valence-electron chi connectivity index (χ1n) is 4.04. The lowest BCUT2D eigenvalue weighted by Crippen LogP contribution is -2.08. The number of anilines is 1. The third-order valence-corrected chi connectivity index (χ3v) is 1.64. The molecule has 0 aromatic carbocycles. The molecule has 6 nitrogen and oxygen atoms in total. The number of aryl methyl sites for hydroxylation is 1. The molecule has 0 spiro atoms. The fourth-order valence-electron chi connectivity index (χ4n) is 1.04. The normalized spacial score (nSPS) is 10.1. The van der Waals surface area contributed by atoms with Crippen molar-refractivity contribution in [3.05, 3.63) is 24.0 Å². The van der Waals surface area contributed by atoms with Crippen LogP contribution in [0.4, 0.5) is 5.82 Å². The van der Waals surface area contributed by atoms with Crippen LogP contribution in [0.2, 0.25) is 0 Å². The van der Waals surface area contributed by atoms with E-state index in [2.05, 4.69) is 20.6 Å². The number of pyridine rings is 1. The number of rotatable bonds is 2. The fraction of sp³-hybridized carbons (Fsp3) is 0.125. The molecule has 0 fully saturated rings. The second-order valence-electron chi connectivity index (χ2n) is 2.70. The number of nitrogens with one attached hydrogen (secondary N) is 1. The van der Waals surface area contributed by atoms with E-state index in [1.807, 2.05) is 0 Å². The van der Waals surface area contributed by atoms with Crippen LogP contribution >= 0.6 is 0 Å². The van der Waals surface area contributed by atoms with E-state index in [0.29, 0.717) is 23.2 Å². The molecule has 3 N–H and O–H groups in total. The molecule has 0 saturated heterocycles. The SMILES string of the molecule is Cc1noc(-c2cccc(NN)n2)n1. The summed E-state index contributed by atoms with van der Waals surface area (Å²) < 4.78 is 4.96. The van der Waals surface area contributed by atoms with Crippen LogP contribution in [0.1, 0.15) is 5.82 Å². The van der Waals surface area contributed by atoms with Crippen molar-refractivity contribution in [2.75, 3.05) is 5.43 Å². The molecule has 0 unspecified atom stereocenters. The number of nitrogen functional groups attached to an aromatic ring is 1. The van der Waals surface area contributed by atoms with Gasteiger partial charge < -0.3 is 9.95 Å². The average molecular weight is 191 g/mol. The van der Waals surface area contributed by atoms with E-state index in [-0.39, 0.29) is 0 Å². The molecule has 0 aliphatic carbocycles. The molecule has 14 heavy (non-hydrogen) atoms. The van der Waals surface area contributed by atoms with Crippen LogP contribution in [0, 0.1) is 6.92 Å². The lowest BCUT2D eigenvalue weighted by atomic mass is 10.3. The molecule has 0 aliphatic rings. The third kappa shape index (κ3) is 1.55. The maximum absolute atomic E-state index is 5.22. The van der Waals surface area contributed by atoms with Crippen LogP contribution < -0.4 is 11.3 Å². The van der Waals surface area contributed by atoms with Gasteiger partial charge in [0.05, 0.1) is 0 Å². The number of nitrogens with two attached hydrogens (primary N) is 1. The van der Waals surface area contributed by atoms with Crippen LogP contribution in [0.15, 0.2) is 22.7 Å². The van der Waals surface area contributed by atoms with Gasteiger partial charge in [-0.05, 0) is 19.1 Å². The molecule has 0 amide bonds. The van der Waals surface area contributed by atoms with Gasteiger partial charge in [-0.3, -0.25) is 0 Å². The van der Waals surface area contributed by atoms with Crippen LogP contribution in [-0.2, 0) is 0 Å². The Balaban J connectivity index is 2.41. The molecule has 2 rings (SSSR count). The summed E-state index contributed by atoms with van der Waals surface area (Å²) in [5.74, 6) is 6.74. The highest BCUT2D eigenvalue weighted by Crippen LogP contribution is 2.15. The summed E-state index contributed by atoms with van der Waals surface area (Å²) in [6, 6.07) is 5.32. The highest BCUT2D eigenvalue weighted by atomic mass is 16.5. The van der Waals surface area contributed by atoms with E-state index in [1.54, 1.807) is 25.1 Å². The van der Waals surface area contributed by atoms with Gasteiger partial charge in [0, 0.05) is 0 Å². The van der Waals surface area contributed by atoms with E-state index < -0.39 is 0 Å². The molecular weight excluding hydrogens is 182 g/mol. The van der Waals surface area contributed by atoms with Gasteiger partial charge in [0.15, 0.2) is 5.82 Å². The maximum Gasteiger partial charge on any atom is 0.276 e. The highest BCUT2D eigenvalue weighted by molar-refractivity contribution is 5.50. The molecular formula is C8H9N5O. The Labute approximate surface area is 80.1 Å². The second kappa shape index (κ2) is 3.43. The predicted molar refractivity (Wildman–Crippen MR) is 50.1 cm³/mol. The van der Waals surface area contributed by atoms with Gasteiger partial charge >= 0.3 is 0 Å². The molecule has 2 aromatic heterocycles. The van der Waals surface area contributed by atoms with Crippen molar-refractivity contribution in [1.82, 2.24) is 15.1 Å². The first kappa shape index (κ1) is 8.64. The summed E-state index contributed by atoms with van der Waals surface area (Å²) in [7, 11) is 0. The van der Waals surface area contributed by atoms with E-state index in [9.17, 15) is 0 Å². The molecule has 0 bridgehead atoms. The Morgan fingerprint density at radius 2 is 2.21 bits per heavy atom. The minimum absolute atomic E-state index is 0.389. The highest BCUT2D eigenvalue weighted by Gasteiger charge is 2.07. The number of hydrazine groups is 1. The van der Waals surface area contributed by atoms with Gasteiger partial charge in [0.2, 0.25) is 0 Å². The van der Waals surface area contributed by atoms with Crippen molar-refractivity contribution in [1.29, 1.82) is 0 Å². The van der Waals surface area contributed by atoms with Crippen molar-refractivity contribution >= 4 is 5.82 Å². The van der Waals surface area contributed by atoms with Crippen LogP contribution in [0.25, 0.3) is 11.6 Å². The van der Waals surface area contributed by atoms with Crippen molar-refractivity contribution < 1.29 is 4.52 Å². The zero-order valence-corrected chi connectivity index (χ0v) is 7.56. The number of aromatic nitrogens is 3. The largest absolute Gasteiger partial charge is 0.332 e. The summed E-state index contributed by atoms with van der Waals surface area (Å²) >= 11 is 0. The van der Waals surface area contributed by atoms with Crippen molar-refractivity contribution in [2.45, 2.75) is 6.92 Å². The summed E-state index contributed by atoms with van der Waals surface area (Å²) in [6.45, 7) is 1.75. The Morgan fingerprint density at radius 1 is 1.36 bits per heavy atom. The van der Waals surface area contributed by atoms with Crippen molar-refractivity contribution in [3.63, 3.8) is 0 Å². The first-order valence-corrected chi connectivity index (χ1v) is 4.04. The Morgan fingerprint density at radius 3 is 2.86 bits per heavy atom. The van der Waals surface area contributed by atoms with E-state index in [4.69, 9.17) is 10.4 Å².